The SMILES string of the molecule is CSC(C)CCNCc1c(O)cccc1Cl. The Morgan fingerprint density at radius 1 is 1.50 bits per heavy atom. The number of hydrogen-bond donors (Lipinski definition) is 2. The molecule has 1 unspecified atom stereocenters. The lowest BCUT2D eigenvalue weighted by molar-refractivity contribution is 0.464. The molecule has 0 aliphatic carbocycles. The third kappa shape index (κ3) is 4.24. The summed E-state index contributed by atoms with van der Waals surface area (Å²) in [6, 6.07) is 5.20. The summed E-state index contributed by atoms with van der Waals surface area (Å²) in [5.41, 5.74) is 0.779. The second-order valence-electron chi connectivity index (χ2n) is 3.75. The molecule has 0 bridgehead atoms. The third-order valence-electron chi connectivity index (χ3n) is 2.53. The van der Waals surface area contributed by atoms with E-state index in [-0.39, 0.29) is 5.75 Å². The minimum absolute atomic E-state index is 0.262. The Morgan fingerprint density at radius 2 is 2.25 bits per heavy atom. The molecule has 16 heavy (non-hydrogen) atoms. The number of halogens is 1. The molecule has 0 saturated carbocycles. The van der Waals surface area contributed by atoms with Crippen LogP contribution in [0.5, 0.6) is 5.75 Å². The third-order valence-corrected chi connectivity index (χ3v) is 3.92. The van der Waals surface area contributed by atoms with Crippen molar-refractivity contribution in [2.45, 2.75) is 25.1 Å². The van der Waals surface area contributed by atoms with E-state index in [2.05, 4.69) is 18.5 Å². The first kappa shape index (κ1) is 13.7. The van der Waals surface area contributed by atoms with Gasteiger partial charge in [-0.05, 0) is 31.4 Å². The predicted molar refractivity (Wildman–Crippen MR) is 72.4 cm³/mol. The van der Waals surface area contributed by atoms with Gasteiger partial charge in [-0.15, -0.1) is 0 Å². The van der Waals surface area contributed by atoms with E-state index in [0.29, 0.717) is 16.8 Å². The van der Waals surface area contributed by atoms with Crippen LogP contribution in [0.25, 0.3) is 0 Å². The molecule has 90 valence electrons. The zero-order valence-corrected chi connectivity index (χ0v) is 11.2. The van der Waals surface area contributed by atoms with Crippen molar-refractivity contribution in [1.82, 2.24) is 5.32 Å². The maximum Gasteiger partial charge on any atom is 0.121 e. The second kappa shape index (κ2) is 7.05. The first-order valence-corrected chi connectivity index (χ1v) is 7.01. The van der Waals surface area contributed by atoms with Crippen molar-refractivity contribution in [3.63, 3.8) is 0 Å². The van der Waals surface area contributed by atoms with E-state index < -0.39 is 0 Å². The lowest BCUT2D eigenvalue weighted by Crippen LogP contribution is -2.17. The monoisotopic (exact) mass is 259 g/mol. The van der Waals surface area contributed by atoms with Gasteiger partial charge in [-0.2, -0.15) is 11.8 Å². The average molecular weight is 260 g/mol. The summed E-state index contributed by atoms with van der Waals surface area (Å²) in [5, 5.41) is 14.2. The van der Waals surface area contributed by atoms with E-state index >= 15 is 0 Å². The van der Waals surface area contributed by atoms with Crippen molar-refractivity contribution in [1.29, 1.82) is 0 Å². The maximum absolute atomic E-state index is 9.62. The molecule has 0 amide bonds. The normalized spacial score (nSPS) is 12.7. The Bertz CT molecular complexity index is 313. The number of phenols is 1. The number of phenolic OH excluding ortho intramolecular Hbond substituents is 1. The molecule has 1 aromatic carbocycles. The topological polar surface area (TPSA) is 32.3 Å². The van der Waals surface area contributed by atoms with E-state index in [1.165, 1.54) is 0 Å². The highest BCUT2D eigenvalue weighted by molar-refractivity contribution is 7.99. The summed E-state index contributed by atoms with van der Waals surface area (Å²) in [6.07, 6.45) is 3.23. The van der Waals surface area contributed by atoms with Gasteiger partial charge in [-0.1, -0.05) is 24.6 Å². The molecule has 1 atom stereocenters. The maximum atomic E-state index is 9.62. The van der Waals surface area contributed by atoms with Crippen molar-refractivity contribution in [2.75, 3.05) is 12.8 Å². The summed E-state index contributed by atoms with van der Waals surface area (Å²) >= 11 is 7.86. The van der Waals surface area contributed by atoms with E-state index in [1.807, 2.05) is 11.8 Å². The van der Waals surface area contributed by atoms with Crippen molar-refractivity contribution in [3.05, 3.63) is 28.8 Å². The zero-order chi connectivity index (χ0) is 12.0. The number of aromatic hydroxyl groups is 1. The molecule has 0 spiro atoms. The molecule has 0 aromatic heterocycles. The van der Waals surface area contributed by atoms with Gasteiger partial charge in [0.05, 0.1) is 0 Å². The number of benzene rings is 1. The van der Waals surface area contributed by atoms with Crippen LogP contribution in [-0.4, -0.2) is 23.2 Å². The molecule has 0 aliphatic heterocycles. The summed E-state index contributed by atoms with van der Waals surface area (Å²) in [5.74, 6) is 0.262. The van der Waals surface area contributed by atoms with Gasteiger partial charge in [0.25, 0.3) is 0 Å². The molecule has 0 fully saturated rings. The fourth-order valence-electron chi connectivity index (χ4n) is 1.36. The predicted octanol–water partition coefficient (Wildman–Crippen LogP) is 3.28. The molecule has 4 heteroatoms. The number of nitrogens with one attached hydrogen (secondary N) is 1. The zero-order valence-electron chi connectivity index (χ0n) is 9.66. The van der Waals surface area contributed by atoms with Crippen LogP contribution < -0.4 is 5.32 Å². The average Bonchev–Trinajstić information content (AvgIpc) is 2.27. The molecule has 2 N–H and O–H groups in total. The highest BCUT2D eigenvalue weighted by Crippen LogP contribution is 2.24. The van der Waals surface area contributed by atoms with Gasteiger partial charge in [0.15, 0.2) is 0 Å². The molecule has 0 aliphatic rings. The highest BCUT2D eigenvalue weighted by atomic mass is 35.5. The van der Waals surface area contributed by atoms with E-state index in [9.17, 15) is 5.11 Å². The summed E-state index contributed by atoms with van der Waals surface area (Å²) < 4.78 is 0. The Labute approximate surface area is 106 Å². The summed E-state index contributed by atoms with van der Waals surface area (Å²) in [4.78, 5) is 0. The van der Waals surface area contributed by atoms with Crippen LogP contribution in [0.2, 0.25) is 5.02 Å². The van der Waals surface area contributed by atoms with Crippen molar-refractivity contribution in [3.8, 4) is 5.75 Å². The lowest BCUT2D eigenvalue weighted by Gasteiger charge is -2.10. The van der Waals surface area contributed by atoms with Gasteiger partial charge in [-0.25, -0.2) is 0 Å². The van der Waals surface area contributed by atoms with Crippen molar-refractivity contribution >= 4 is 23.4 Å². The number of rotatable bonds is 6. The number of thioether (sulfide) groups is 1. The van der Waals surface area contributed by atoms with E-state index in [4.69, 9.17) is 11.6 Å². The Morgan fingerprint density at radius 3 is 2.88 bits per heavy atom. The van der Waals surface area contributed by atoms with Crippen molar-refractivity contribution < 1.29 is 5.11 Å². The smallest absolute Gasteiger partial charge is 0.121 e. The van der Waals surface area contributed by atoms with Crippen LogP contribution in [0.1, 0.15) is 18.9 Å². The molecule has 0 heterocycles. The summed E-state index contributed by atoms with van der Waals surface area (Å²) in [7, 11) is 0. The van der Waals surface area contributed by atoms with Crippen molar-refractivity contribution in [2.24, 2.45) is 0 Å². The number of hydrogen-bond acceptors (Lipinski definition) is 3. The van der Waals surface area contributed by atoms with Crippen LogP contribution in [0.3, 0.4) is 0 Å². The van der Waals surface area contributed by atoms with Gasteiger partial charge < -0.3 is 10.4 Å². The van der Waals surface area contributed by atoms with Gasteiger partial charge in [0.1, 0.15) is 5.75 Å². The van der Waals surface area contributed by atoms with Gasteiger partial charge in [0.2, 0.25) is 0 Å². The summed E-state index contributed by atoms with van der Waals surface area (Å²) in [6.45, 7) is 3.76. The van der Waals surface area contributed by atoms with Crippen LogP contribution in [0.4, 0.5) is 0 Å². The van der Waals surface area contributed by atoms with E-state index in [1.54, 1.807) is 18.2 Å². The fourth-order valence-corrected chi connectivity index (χ4v) is 1.95. The highest BCUT2D eigenvalue weighted by Gasteiger charge is 2.05. The standard InChI is InChI=1S/C12H18ClNOS/c1-9(16-2)6-7-14-8-10-11(13)4-3-5-12(10)15/h3-5,9,14-15H,6-8H2,1-2H3. The molecular formula is C12H18ClNOS. The first-order chi connectivity index (χ1) is 7.65. The molecule has 0 radical (unpaired) electrons. The fraction of sp³-hybridized carbons (Fsp3) is 0.500. The second-order valence-corrected chi connectivity index (χ2v) is 5.43. The van der Waals surface area contributed by atoms with Gasteiger partial charge in [-0.3, -0.25) is 0 Å². The molecule has 2 nitrogen and oxygen atoms in total. The van der Waals surface area contributed by atoms with Crippen LogP contribution in [-0.2, 0) is 6.54 Å². The molecule has 1 aromatic rings. The quantitative estimate of drug-likeness (QED) is 0.769. The minimum atomic E-state index is 0.262. The van der Waals surface area contributed by atoms with Crippen LogP contribution in [0, 0.1) is 0 Å². The Balaban J connectivity index is 2.37. The lowest BCUT2D eigenvalue weighted by atomic mass is 10.2. The minimum Gasteiger partial charge on any atom is -0.508 e. The first-order valence-electron chi connectivity index (χ1n) is 5.35. The van der Waals surface area contributed by atoms with Crippen LogP contribution >= 0.6 is 23.4 Å². The Kier molecular flexibility index (Phi) is 6.03. The Hall–Kier alpha value is -0.380. The van der Waals surface area contributed by atoms with Crippen LogP contribution in [0.15, 0.2) is 18.2 Å². The van der Waals surface area contributed by atoms with E-state index in [0.717, 1.165) is 18.5 Å². The molecule has 1 rings (SSSR count). The molecular weight excluding hydrogens is 242 g/mol. The van der Waals surface area contributed by atoms with Gasteiger partial charge in [0, 0.05) is 22.4 Å². The largest absolute Gasteiger partial charge is 0.508 e. The van der Waals surface area contributed by atoms with Gasteiger partial charge >= 0.3 is 0 Å². The molecule has 0 saturated heterocycles.